The Balaban J connectivity index is 0.000000229. The van der Waals surface area contributed by atoms with Gasteiger partial charge in [-0.15, -0.1) is 0 Å². The van der Waals surface area contributed by atoms with Gasteiger partial charge in [0.2, 0.25) is 5.89 Å². The molecule has 3 aromatic rings. The van der Waals surface area contributed by atoms with Crippen LogP contribution in [-0.4, -0.2) is 16.1 Å². The lowest BCUT2D eigenvalue weighted by atomic mass is 10.2. The number of carboxylic acid groups (broad SMARTS) is 1. The number of hydrogen-bond acceptors (Lipinski definition) is 4. The summed E-state index contributed by atoms with van der Waals surface area (Å²) >= 11 is 7.20. The summed E-state index contributed by atoms with van der Waals surface area (Å²) in [7, 11) is 0. The van der Waals surface area contributed by atoms with Crippen molar-refractivity contribution >= 4 is 34.5 Å². The van der Waals surface area contributed by atoms with Gasteiger partial charge in [0.15, 0.2) is 5.25 Å². The van der Waals surface area contributed by atoms with E-state index in [0.717, 1.165) is 10.0 Å². The van der Waals surface area contributed by atoms with Crippen LogP contribution in [0.15, 0.2) is 75.8 Å². The summed E-state index contributed by atoms with van der Waals surface area (Å²) in [4.78, 5) is 14.7. The molecule has 2 aromatic carbocycles. The Hall–Kier alpha value is -2.05. The molecule has 1 unspecified atom stereocenters. The molecule has 118 valence electrons. The van der Waals surface area contributed by atoms with Crippen molar-refractivity contribution in [3.63, 3.8) is 0 Å². The van der Waals surface area contributed by atoms with Crippen LogP contribution in [0.3, 0.4) is 0 Å². The summed E-state index contributed by atoms with van der Waals surface area (Å²) < 4.78 is 6.21. The zero-order valence-electron chi connectivity index (χ0n) is 12.0. The summed E-state index contributed by atoms with van der Waals surface area (Å²) in [5.74, 6) is -0.987. The van der Waals surface area contributed by atoms with E-state index in [0.29, 0.717) is 5.69 Å². The van der Waals surface area contributed by atoms with Gasteiger partial charge in [-0.05, 0) is 12.1 Å². The molecule has 0 saturated carbocycles. The molecule has 0 saturated heterocycles. The van der Waals surface area contributed by atoms with Crippen molar-refractivity contribution in [3.8, 4) is 11.3 Å². The van der Waals surface area contributed by atoms with Gasteiger partial charge in [-0.1, -0.05) is 64.5 Å². The Bertz CT molecular complexity index is 747. The highest BCUT2D eigenvalue weighted by Gasteiger charge is 2.20. The maximum absolute atomic E-state index is 10.7. The lowest BCUT2D eigenvalue weighted by molar-refractivity contribution is -0.136. The van der Waals surface area contributed by atoms with Gasteiger partial charge in [0, 0.05) is 10.0 Å². The van der Waals surface area contributed by atoms with Crippen molar-refractivity contribution in [2.24, 2.45) is 0 Å². The van der Waals surface area contributed by atoms with Crippen LogP contribution in [0.5, 0.6) is 0 Å². The lowest BCUT2D eigenvalue weighted by Crippen LogP contribution is -2.05. The topological polar surface area (TPSA) is 63.3 Å². The molecule has 0 spiro atoms. The predicted molar refractivity (Wildman–Crippen MR) is 95.4 cm³/mol. The Morgan fingerprint density at radius 1 is 1.09 bits per heavy atom. The fraction of sp³-hybridized carbons (Fsp3) is 0.0588. The highest BCUT2D eigenvalue weighted by Crippen LogP contribution is 2.24. The Kier molecular flexibility index (Phi) is 6.43. The second-order valence-electron chi connectivity index (χ2n) is 4.47. The van der Waals surface area contributed by atoms with E-state index < -0.39 is 11.2 Å². The second kappa shape index (κ2) is 8.55. The van der Waals surface area contributed by atoms with E-state index in [-0.39, 0.29) is 5.89 Å². The first-order valence-electron chi connectivity index (χ1n) is 6.70. The summed E-state index contributed by atoms with van der Waals surface area (Å²) in [5, 5.41) is 7.71. The van der Waals surface area contributed by atoms with Gasteiger partial charge in [0.1, 0.15) is 12.0 Å². The lowest BCUT2D eigenvalue weighted by Gasteiger charge is -1.97. The minimum Gasteiger partial charge on any atom is -0.480 e. The summed E-state index contributed by atoms with van der Waals surface area (Å²) in [5.41, 5.74) is 1.49. The monoisotopic (exact) mass is 391 g/mol. The number of thiol groups is 1. The number of hydrogen-bond donors (Lipinski definition) is 2. The van der Waals surface area contributed by atoms with Gasteiger partial charge in [-0.25, -0.2) is 4.98 Å². The first kappa shape index (κ1) is 17.3. The van der Waals surface area contributed by atoms with E-state index in [4.69, 9.17) is 9.52 Å². The Labute approximate surface area is 147 Å². The smallest absolute Gasteiger partial charge is 0.325 e. The molecule has 1 aromatic heterocycles. The van der Waals surface area contributed by atoms with E-state index in [1.165, 1.54) is 6.26 Å². The molecular weight excluding hydrogens is 378 g/mol. The number of nitrogens with zero attached hydrogens (tertiary/aromatic N) is 1. The molecule has 0 aliphatic heterocycles. The van der Waals surface area contributed by atoms with E-state index in [9.17, 15) is 4.79 Å². The van der Waals surface area contributed by atoms with Gasteiger partial charge in [-0.3, -0.25) is 4.79 Å². The molecule has 1 atom stereocenters. The number of carbonyl (C=O) groups is 1. The third-order valence-electron chi connectivity index (χ3n) is 2.79. The van der Waals surface area contributed by atoms with E-state index >= 15 is 0 Å². The predicted octanol–water partition coefficient (Wildman–Crippen LogP) is 4.85. The molecule has 1 heterocycles. The maximum atomic E-state index is 10.7. The third kappa shape index (κ3) is 5.26. The van der Waals surface area contributed by atoms with Crippen LogP contribution in [0.4, 0.5) is 0 Å². The quantitative estimate of drug-likeness (QED) is 0.626. The zero-order chi connectivity index (χ0) is 16.7. The molecule has 0 amide bonds. The molecule has 0 fully saturated rings. The minimum atomic E-state index is -1.08. The van der Waals surface area contributed by atoms with Crippen molar-refractivity contribution in [1.29, 1.82) is 0 Å². The zero-order valence-corrected chi connectivity index (χ0v) is 14.4. The minimum absolute atomic E-state index is 0.0923. The molecule has 0 aliphatic rings. The Morgan fingerprint density at radius 2 is 1.65 bits per heavy atom. The molecule has 4 nitrogen and oxygen atoms in total. The van der Waals surface area contributed by atoms with Crippen molar-refractivity contribution in [2.75, 3.05) is 0 Å². The van der Waals surface area contributed by atoms with Gasteiger partial charge in [0.05, 0.1) is 0 Å². The normalized spacial score (nSPS) is 11.2. The highest BCUT2D eigenvalue weighted by atomic mass is 79.9. The van der Waals surface area contributed by atoms with Gasteiger partial charge < -0.3 is 9.52 Å². The van der Waals surface area contributed by atoms with Crippen LogP contribution in [-0.2, 0) is 4.79 Å². The van der Waals surface area contributed by atoms with E-state index in [2.05, 4.69) is 33.5 Å². The molecule has 0 aliphatic carbocycles. The molecule has 23 heavy (non-hydrogen) atoms. The second-order valence-corrected chi connectivity index (χ2v) is 5.91. The van der Waals surface area contributed by atoms with Crippen LogP contribution >= 0.6 is 28.6 Å². The standard InChI is InChI=1S/C11H9NO3S.C6H5Br/c13-11(14)9(16)10-12-8(6-15-10)7-4-2-1-3-5-7;7-6-4-2-1-3-5-6/h1-6,9,16H,(H,13,14);1-5H. The number of oxazole rings is 1. The SMILES string of the molecule is Brc1ccccc1.O=C(O)C(S)c1nc(-c2ccccc2)co1. The Morgan fingerprint density at radius 3 is 2.13 bits per heavy atom. The van der Waals surface area contributed by atoms with Gasteiger partial charge in [-0.2, -0.15) is 12.6 Å². The first-order chi connectivity index (χ1) is 11.1. The molecule has 3 rings (SSSR count). The summed E-state index contributed by atoms with van der Waals surface area (Å²) in [6.07, 6.45) is 1.43. The number of benzene rings is 2. The van der Waals surface area contributed by atoms with Gasteiger partial charge in [0.25, 0.3) is 0 Å². The number of carboxylic acids is 1. The van der Waals surface area contributed by atoms with Crippen LogP contribution in [0.2, 0.25) is 0 Å². The number of aromatic nitrogens is 1. The molecule has 0 bridgehead atoms. The summed E-state index contributed by atoms with van der Waals surface area (Å²) in [6.45, 7) is 0. The number of aliphatic carboxylic acids is 1. The maximum Gasteiger partial charge on any atom is 0.325 e. The average molecular weight is 392 g/mol. The molecule has 0 radical (unpaired) electrons. The fourth-order valence-corrected chi connectivity index (χ4v) is 2.10. The van der Waals surface area contributed by atoms with Crippen molar-refractivity contribution in [2.45, 2.75) is 5.25 Å². The average Bonchev–Trinajstić information content (AvgIpc) is 3.06. The fourth-order valence-electron chi connectivity index (χ4n) is 1.68. The highest BCUT2D eigenvalue weighted by molar-refractivity contribution is 9.10. The van der Waals surface area contributed by atoms with Crippen molar-refractivity contribution < 1.29 is 14.3 Å². The molecule has 6 heteroatoms. The molecular formula is C17H14BrNO3S. The largest absolute Gasteiger partial charge is 0.480 e. The van der Waals surface area contributed by atoms with Gasteiger partial charge >= 0.3 is 5.97 Å². The number of rotatable bonds is 3. The van der Waals surface area contributed by atoms with E-state index in [1.54, 1.807) is 0 Å². The third-order valence-corrected chi connectivity index (χ3v) is 3.76. The van der Waals surface area contributed by atoms with E-state index in [1.807, 2.05) is 60.7 Å². The van der Waals surface area contributed by atoms with Crippen LogP contribution in [0.1, 0.15) is 11.1 Å². The number of halogens is 1. The van der Waals surface area contributed by atoms with Crippen LogP contribution < -0.4 is 0 Å². The van der Waals surface area contributed by atoms with Crippen LogP contribution in [0.25, 0.3) is 11.3 Å². The van der Waals surface area contributed by atoms with Crippen LogP contribution in [0, 0.1) is 0 Å². The first-order valence-corrected chi connectivity index (χ1v) is 8.01. The van der Waals surface area contributed by atoms with Crippen molar-refractivity contribution in [1.82, 2.24) is 4.98 Å². The van der Waals surface area contributed by atoms with Crippen molar-refractivity contribution in [3.05, 3.63) is 77.3 Å². The summed E-state index contributed by atoms with van der Waals surface area (Å²) in [6, 6.07) is 19.4. The molecule has 1 N–H and O–H groups in total.